The molecule has 0 radical (unpaired) electrons. The van der Waals surface area contributed by atoms with Crippen LogP contribution in [0.2, 0.25) is 0 Å². The second kappa shape index (κ2) is 20.5. The first-order valence-corrected chi connectivity index (χ1v) is 23.3. The lowest BCUT2D eigenvalue weighted by Crippen LogP contribution is -2.53. The minimum atomic E-state index is -1.29. The highest BCUT2D eigenvalue weighted by molar-refractivity contribution is 7.13. The van der Waals surface area contributed by atoms with Gasteiger partial charge in [0.15, 0.2) is 11.4 Å². The summed E-state index contributed by atoms with van der Waals surface area (Å²) in [7, 11) is 0. The van der Waals surface area contributed by atoms with Gasteiger partial charge in [0.1, 0.15) is 18.3 Å². The largest absolute Gasteiger partial charge is 0.382 e. The summed E-state index contributed by atoms with van der Waals surface area (Å²) in [5.74, 6) is -1.69. The number of rotatable bonds is 17. The molecule has 4 aliphatic heterocycles. The maximum Gasteiger partial charge on any atom is 0.259 e. The molecule has 9 rings (SSSR count). The summed E-state index contributed by atoms with van der Waals surface area (Å²) in [6, 6.07) is 27.3. The molecule has 4 atom stereocenters. The number of ether oxygens (including phenoxy) is 2. The van der Waals surface area contributed by atoms with E-state index in [2.05, 4.69) is 56.2 Å². The molecule has 1 aromatic heterocycles. The van der Waals surface area contributed by atoms with Crippen molar-refractivity contribution in [1.82, 2.24) is 25.0 Å². The Bertz CT molecular complexity index is 2590. The third kappa shape index (κ3) is 9.95. The number of hydrogen-bond donors (Lipinski definition) is 5. The Morgan fingerprint density at radius 1 is 0.836 bits per heavy atom. The van der Waals surface area contributed by atoms with Crippen molar-refractivity contribution < 1.29 is 43.7 Å². The quantitative estimate of drug-likeness (QED) is 0.0648. The molecule has 348 valence electrons. The molecule has 4 unspecified atom stereocenters. The highest BCUT2D eigenvalue weighted by Crippen LogP contribution is 2.42. The van der Waals surface area contributed by atoms with Gasteiger partial charge in [0, 0.05) is 79.8 Å². The van der Waals surface area contributed by atoms with Gasteiger partial charge in [0.25, 0.3) is 5.91 Å². The number of piperazine rings is 1. The van der Waals surface area contributed by atoms with E-state index in [1.165, 1.54) is 11.3 Å². The number of nitrogens with one attached hydrogen (secondary N) is 3. The third-order valence-corrected chi connectivity index (χ3v) is 13.4. The number of piperidine rings is 1. The lowest BCUT2D eigenvalue weighted by molar-refractivity contribution is -0.139. The standard InChI is InChI=1S/C49H52N8O9S/c58-40-16-15-39(44(60)52-40)57-47(63)36-7-4-8-38(42(36)48(57)64)50-18-25-66-27-26-65-24-17-41(59)55-22-20-54(21-23-55)35-13-11-31(12-14-35)33-9-10-34-30-56(46(62)37(34)29-33)43(32-5-2-1-3-6-32)45(61)53-49-51-19-28-67-49/h1-14,19,28-29,39,43,46-47,50,62-63H,15-18,20-27,30H2,(H,51,53,61)(H,52,58,60). The summed E-state index contributed by atoms with van der Waals surface area (Å²) in [5, 5.41) is 33.2. The predicted octanol–water partition coefficient (Wildman–Crippen LogP) is 4.43. The number of carbonyl (C=O) groups excluding carboxylic acids is 5. The minimum Gasteiger partial charge on any atom is -0.382 e. The van der Waals surface area contributed by atoms with E-state index in [0.29, 0.717) is 75.5 Å². The van der Waals surface area contributed by atoms with Crippen molar-refractivity contribution in [3.05, 3.63) is 130 Å². The number of aliphatic hydroxyl groups excluding tert-OH is 2. The normalized spacial score (nSPS) is 19.8. The van der Waals surface area contributed by atoms with Crippen molar-refractivity contribution >= 4 is 57.4 Å². The topological polar surface area (TPSA) is 206 Å². The van der Waals surface area contributed by atoms with Gasteiger partial charge in [-0.25, -0.2) is 4.98 Å². The molecule has 0 spiro atoms. The fourth-order valence-corrected chi connectivity index (χ4v) is 9.77. The van der Waals surface area contributed by atoms with Crippen LogP contribution in [0.1, 0.15) is 70.4 Å². The van der Waals surface area contributed by atoms with Crippen LogP contribution in [0.4, 0.5) is 16.5 Å². The second-order valence-electron chi connectivity index (χ2n) is 16.7. The van der Waals surface area contributed by atoms with Crippen LogP contribution in [-0.2, 0) is 35.2 Å². The lowest BCUT2D eigenvalue weighted by Gasteiger charge is -2.36. The average Bonchev–Trinajstić information content (AvgIpc) is 4.05. The van der Waals surface area contributed by atoms with Crippen molar-refractivity contribution in [3.8, 4) is 11.1 Å². The zero-order chi connectivity index (χ0) is 46.4. The monoisotopic (exact) mass is 928 g/mol. The molecule has 17 nitrogen and oxygen atoms in total. The van der Waals surface area contributed by atoms with Crippen LogP contribution >= 0.6 is 11.3 Å². The van der Waals surface area contributed by atoms with Gasteiger partial charge in [-0.05, 0) is 52.9 Å². The molecule has 5 aromatic rings. The fourth-order valence-electron chi connectivity index (χ4n) is 9.24. The molecular weight excluding hydrogens is 877 g/mol. The van der Waals surface area contributed by atoms with Gasteiger partial charge in [-0.1, -0.05) is 66.7 Å². The molecule has 5 amide bonds. The molecule has 0 saturated carbocycles. The zero-order valence-corrected chi connectivity index (χ0v) is 37.5. The average molecular weight is 929 g/mol. The van der Waals surface area contributed by atoms with Gasteiger partial charge in [0.05, 0.1) is 38.4 Å². The van der Waals surface area contributed by atoms with Crippen LogP contribution in [0.25, 0.3) is 11.1 Å². The molecule has 2 saturated heterocycles. The van der Waals surface area contributed by atoms with Gasteiger partial charge >= 0.3 is 0 Å². The Morgan fingerprint density at radius 3 is 2.34 bits per heavy atom. The number of benzene rings is 4. The molecule has 0 aliphatic carbocycles. The van der Waals surface area contributed by atoms with E-state index in [9.17, 15) is 34.2 Å². The van der Waals surface area contributed by atoms with E-state index >= 15 is 0 Å². The van der Waals surface area contributed by atoms with Crippen LogP contribution in [0.15, 0.2) is 103 Å². The Labute approximate surface area is 391 Å². The summed E-state index contributed by atoms with van der Waals surface area (Å²) in [4.78, 5) is 75.4. The van der Waals surface area contributed by atoms with Crippen molar-refractivity contribution in [2.24, 2.45) is 0 Å². The fraction of sp³-hybridized carbons (Fsp3) is 0.347. The van der Waals surface area contributed by atoms with Crippen LogP contribution in [0, 0.1) is 0 Å². The van der Waals surface area contributed by atoms with Gasteiger partial charge in [0.2, 0.25) is 23.6 Å². The summed E-state index contributed by atoms with van der Waals surface area (Å²) in [6.45, 7) is 4.62. The first kappa shape index (κ1) is 45.6. The first-order valence-electron chi connectivity index (χ1n) is 22.5. The number of aliphatic hydroxyl groups is 2. The van der Waals surface area contributed by atoms with E-state index in [0.717, 1.165) is 38.4 Å². The van der Waals surface area contributed by atoms with Gasteiger partial charge in [-0.3, -0.25) is 39.1 Å². The van der Waals surface area contributed by atoms with Gasteiger partial charge in [-0.15, -0.1) is 11.3 Å². The highest BCUT2D eigenvalue weighted by Gasteiger charge is 2.45. The molecule has 18 heteroatoms. The van der Waals surface area contributed by atoms with E-state index < -0.39 is 42.3 Å². The number of hydrogen-bond acceptors (Lipinski definition) is 14. The molecule has 5 heterocycles. The summed E-state index contributed by atoms with van der Waals surface area (Å²) in [5.41, 5.74) is 6.75. The predicted molar refractivity (Wildman–Crippen MR) is 250 cm³/mol. The minimum absolute atomic E-state index is 0.0407. The molecular formula is C49H52N8O9S. The molecule has 2 fully saturated rings. The van der Waals surface area contributed by atoms with Crippen molar-refractivity contribution in [2.75, 3.05) is 74.7 Å². The van der Waals surface area contributed by atoms with Gasteiger partial charge in [-0.2, -0.15) is 0 Å². The molecule has 4 aromatic carbocycles. The zero-order valence-electron chi connectivity index (χ0n) is 36.7. The van der Waals surface area contributed by atoms with Crippen molar-refractivity contribution in [1.29, 1.82) is 0 Å². The number of thiazole rings is 1. The second-order valence-corrected chi connectivity index (χ2v) is 17.6. The third-order valence-electron chi connectivity index (χ3n) is 12.7. The highest BCUT2D eigenvalue weighted by atomic mass is 32.1. The van der Waals surface area contributed by atoms with Gasteiger partial charge < -0.3 is 40.1 Å². The molecule has 67 heavy (non-hydrogen) atoms. The maximum absolute atomic E-state index is 13.6. The van der Waals surface area contributed by atoms with Crippen molar-refractivity contribution in [3.63, 3.8) is 0 Å². The maximum atomic E-state index is 13.6. The smallest absolute Gasteiger partial charge is 0.259 e. The Kier molecular flexibility index (Phi) is 14.0. The molecule has 4 aliphatic rings. The number of fused-ring (bicyclic) bond motifs is 2. The van der Waals surface area contributed by atoms with E-state index in [4.69, 9.17) is 9.47 Å². The number of nitrogens with zero attached hydrogens (tertiary/aromatic N) is 5. The van der Waals surface area contributed by atoms with E-state index in [1.807, 2.05) is 52.3 Å². The number of amides is 5. The SMILES string of the molecule is O=C1CCC(N2C(=O)c3c(NCCOCCOCCC(=O)N4CCN(c5ccc(-c6ccc7c(c6)C(O)N(C(C(=O)Nc6nccs6)c6ccccc6)C7)cc5)CC4)cccc3C2O)C(=O)N1. The lowest BCUT2D eigenvalue weighted by atomic mass is 9.99. The van der Waals surface area contributed by atoms with E-state index in [1.54, 1.807) is 29.8 Å². The number of imide groups is 1. The van der Waals surface area contributed by atoms with Crippen LogP contribution < -0.4 is 20.9 Å². The first-order chi connectivity index (χ1) is 32.6. The molecule has 5 N–H and O–H groups in total. The number of aromatic nitrogens is 1. The number of anilines is 3. The van der Waals surface area contributed by atoms with Crippen LogP contribution in [-0.4, -0.2) is 125 Å². The summed E-state index contributed by atoms with van der Waals surface area (Å²) in [6.07, 6.45) is -0.130. The number of carbonyl (C=O) groups is 5. The van der Waals surface area contributed by atoms with Crippen LogP contribution in [0.5, 0.6) is 0 Å². The Balaban J connectivity index is 0.683. The molecule has 0 bridgehead atoms. The van der Waals surface area contributed by atoms with E-state index in [-0.39, 0.29) is 43.2 Å². The Hall–Kier alpha value is -6.54. The summed E-state index contributed by atoms with van der Waals surface area (Å²) < 4.78 is 11.4. The van der Waals surface area contributed by atoms with Crippen LogP contribution in [0.3, 0.4) is 0 Å². The summed E-state index contributed by atoms with van der Waals surface area (Å²) >= 11 is 1.34. The van der Waals surface area contributed by atoms with Crippen molar-refractivity contribution in [2.45, 2.75) is 50.3 Å². The Morgan fingerprint density at radius 2 is 1.60 bits per heavy atom.